The van der Waals surface area contributed by atoms with Gasteiger partial charge in [0.2, 0.25) is 0 Å². The lowest BCUT2D eigenvalue weighted by molar-refractivity contribution is -0.271. The molecule has 8 heteroatoms. The Kier molecular flexibility index (Phi) is 7.09. The van der Waals surface area contributed by atoms with Gasteiger partial charge in [-0.1, -0.05) is 46.8 Å². The normalized spacial score (nSPS) is 53.7. The van der Waals surface area contributed by atoms with Crippen LogP contribution < -0.4 is 5.32 Å². The highest BCUT2D eigenvalue weighted by Crippen LogP contribution is 2.83. The zero-order chi connectivity index (χ0) is 33.3. The van der Waals surface area contributed by atoms with Gasteiger partial charge in [-0.15, -0.1) is 0 Å². The van der Waals surface area contributed by atoms with E-state index in [4.69, 9.17) is 9.47 Å². The van der Waals surface area contributed by atoms with Crippen LogP contribution in [-0.4, -0.2) is 71.2 Å². The standard InChI is InChI=1S/C38H55NO7/c1-32(20-40)17-26-34(3,19-30(32)45-31(44)22-10-8-9-11-23(22)39-7)28(43)18-37(6)36(5)15-12-24-33(2,14-13-27(42)35(24,4)21-41)25(36)16-29-38(26,37)46-29/h8-11,20,24-30,39,41-43H,12-19,21H2,1-7H3/t24-,25-,26-,27+,28+,29-,30+,32+,33+,34+,35+,36-,37+,38-/m1/s1. The smallest absolute Gasteiger partial charge is 0.340 e. The van der Waals surface area contributed by atoms with Crippen molar-refractivity contribution in [1.29, 1.82) is 0 Å². The molecule has 1 aromatic rings. The topological polar surface area (TPSA) is 129 Å². The Balaban J connectivity index is 1.24. The number of anilines is 1. The molecule has 0 aromatic heterocycles. The number of hydrogen-bond donors (Lipinski definition) is 4. The van der Waals surface area contributed by atoms with Crippen molar-refractivity contribution in [3.63, 3.8) is 0 Å². The first-order valence-electron chi connectivity index (χ1n) is 17.6. The molecule has 1 aromatic carbocycles. The summed E-state index contributed by atoms with van der Waals surface area (Å²) in [5.74, 6) is -0.0182. The first-order chi connectivity index (χ1) is 21.5. The Bertz CT molecular complexity index is 1440. The van der Waals surface area contributed by atoms with E-state index >= 15 is 0 Å². The second-order valence-corrected chi connectivity index (χ2v) is 17.8. The molecule has 0 amide bonds. The minimum Gasteiger partial charge on any atom is -0.458 e. The highest BCUT2D eigenvalue weighted by Gasteiger charge is 2.86. The summed E-state index contributed by atoms with van der Waals surface area (Å²) >= 11 is 0. The number of hydrogen-bond acceptors (Lipinski definition) is 8. The fraction of sp³-hybridized carbons (Fsp3) is 0.789. The Morgan fingerprint density at radius 3 is 2.35 bits per heavy atom. The lowest BCUT2D eigenvalue weighted by Crippen LogP contribution is -2.74. The molecule has 6 aliphatic rings. The van der Waals surface area contributed by atoms with Gasteiger partial charge in [0.15, 0.2) is 0 Å². The number of esters is 1. The number of aldehydes is 1. The van der Waals surface area contributed by atoms with Gasteiger partial charge in [-0.3, -0.25) is 0 Å². The van der Waals surface area contributed by atoms with Crippen LogP contribution >= 0.6 is 0 Å². The number of carbonyl (C=O) groups is 2. The molecule has 254 valence electrons. The number of ether oxygens (including phenoxy) is 2. The first kappa shape index (κ1) is 32.5. The maximum absolute atomic E-state index is 13.5. The summed E-state index contributed by atoms with van der Waals surface area (Å²) in [6.45, 7) is 13.3. The van der Waals surface area contributed by atoms with Crippen LogP contribution in [0.15, 0.2) is 24.3 Å². The molecule has 1 spiro atoms. The third-order valence-corrected chi connectivity index (χ3v) is 16.1. The third kappa shape index (κ3) is 3.76. The van der Waals surface area contributed by atoms with Gasteiger partial charge in [-0.25, -0.2) is 4.79 Å². The van der Waals surface area contributed by atoms with Crippen molar-refractivity contribution < 1.29 is 34.4 Å². The lowest BCUT2D eigenvalue weighted by atomic mass is 9.31. The average molecular weight is 638 g/mol. The van der Waals surface area contributed by atoms with Crippen molar-refractivity contribution in [2.45, 2.75) is 123 Å². The van der Waals surface area contributed by atoms with Crippen LogP contribution in [0.4, 0.5) is 5.69 Å². The van der Waals surface area contributed by atoms with E-state index in [1.807, 2.05) is 19.1 Å². The summed E-state index contributed by atoms with van der Waals surface area (Å²) in [7, 11) is 1.76. The number of epoxide rings is 1. The van der Waals surface area contributed by atoms with Crippen LogP contribution in [0.1, 0.15) is 103 Å². The number of fused-ring (bicyclic) bond motifs is 5. The molecule has 5 aliphatic carbocycles. The fourth-order valence-corrected chi connectivity index (χ4v) is 13.0. The number of para-hydroxylation sites is 1. The van der Waals surface area contributed by atoms with E-state index in [1.165, 1.54) is 0 Å². The maximum atomic E-state index is 13.5. The lowest BCUT2D eigenvalue weighted by Gasteiger charge is -2.73. The number of aliphatic hydroxyl groups excluding tert-OH is 3. The molecule has 1 aliphatic heterocycles. The van der Waals surface area contributed by atoms with Crippen LogP contribution in [0.3, 0.4) is 0 Å². The second-order valence-electron chi connectivity index (χ2n) is 17.8. The number of aliphatic hydroxyl groups is 3. The molecule has 6 fully saturated rings. The van der Waals surface area contributed by atoms with Gasteiger partial charge in [0, 0.05) is 34.9 Å². The molecule has 1 saturated heterocycles. The minimum atomic E-state index is -0.929. The van der Waals surface area contributed by atoms with Crippen LogP contribution in [0, 0.1) is 50.2 Å². The van der Waals surface area contributed by atoms with E-state index < -0.39 is 46.1 Å². The zero-order valence-corrected chi connectivity index (χ0v) is 28.8. The Morgan fingerprint density at radius 2 is 1.67 bits per heavy atom. The van der Waals surface area contributed by atoms with E-state index in [2.05, 4.69) is 39.9 Å². The van der Waals surface area contributed by atoms with Crippen molar-refractivity contribution >= 4 is 17.9 Å². The van der Waals surface area contributed by atoms with Gasteiger partial charge in [0.1, 0.15) is 18.0 Å². The molecule has 5 saturated carbocycles. The van der Waals surface area contributed by atoms with E-state index in [9.17, 15) is 24.9 Å². The molecular formula is C38H55NO7. The van der Waals surface area contributed by atoms with Crippen LogP contribution in [0.2, 0.25) is 0 Å². The molecule has 7 rings (SSSR count). The molecule has 4 N–H and O–H groups in total. The Morgan fingerprint density at radius 1 is 0.957 bits per heavy atom. The van der Waals surface area contributed by atoms with Crippen LogP contribution in [0.25, 0.3) is 0 Å². The summed E-state index contributed by atoms with van der Waals surface area (Å²) in [5, 5.41) is 37.0. The summed E-state index contributed by atoms with van der Waals surface area (Å²) in [6, 6.07) is 7.21. The quantitative estimate of drug-likeness (QED) is 0.193. The first-order valence-corrected chi connectivity index (χ1v) is 17.6. The molecule has 0 radical (unpaired) electrons. The second kappa shape index (κ2) is 10.0. The largest absolute Gasteiger partial charge is 0.458 e. The molecule has 1 heterocycles. The SMILES string of the molecule is CNc1ccccc1C(=O)O[C@H]1C[C@@]2(C)[C@@H](C[C@@]1(C)C=O)[C@@]13O[C@@H]1C[C@@H]1[C@@]4(C)CC[C@H](O)[C@@](C)(CO)[C@@H]4CC[C@@]1(C)[C@]3(C)C[C@@H]2O. The van der Waals surface area contributed by atoms with Gasteiger partial charge in [0.05, 0.1) is 35.9 Å². The Labute approximate surface area is 274 Å². The number of benzene rings is 1. The van der Waals surface area contributed by atoms with Crippen LogP contribution in [-0.2, 0) is 14.3 Å². The van der Waals surface area contributed by atoms with Gasteiger partial charge < -0.3 is 34.9 Å². The molecule has 14 atom stereocenters. The van der Waals surface area contributed by atoms with Crippen molar-refractivity contribution in [3.8, 4) is 0 Å². The molecule has 8 nitrogen and oxygen atoms in total. The summed E-state index contributed by atoms with van der Waals surface area (Å²) in [5.41, 5.74) is -1.98. The monoisotopic (exact) mass is 637 g/mol. The zero-order valence-electron chi connectivity index (χ0n) is 28.8. The van der Waals surface area contributed by atoms with Gasteiger partial charge >= 0.3 is 5.97 Å². The molecule has 46 heavy (non-hydrogen) atoms. The highest BCUT2D eigenvalue weighted by molar-refractivity contribution is 5.95. The van der Waals surface area contributed by atoms with E-state index in [0.717, 1.165) is 32.0 Å². The molecule has 0 bridgehead atoms. The molecular weight excluding hydrogens is 582 g/mol. The number of nitrogens with one attached hydrogen (secondary N) is 1. The maximum Gasteiger partial charge on any atom is 0.340 e. The molecule has 0 unspecified atom stereocenters. The van der Waals surface area contributed by atoms with Gasteiger partial charge in [-0.2, -0.15) is 0 Å². The third-order valence-electron chi connectivity index (χ3n) is 16.1. The summed E-state index contributed by atoms with van der Waals surface area (Å²) < 4.78 is 13.3. The van der Waals surface area contributed by atoms with E-state index in [-0.39, 0.29) is 40.8 Å². The number of rotatable bonds is 5. The highest BCUT2D eigenvalue weighted by atomic mass is 16.6. The van der Waals surface area contributed by atoms with Crippen molar-refractivity contribution in [2.24, 2.45) is 50.2 Å². The van der Waals surface area contributed by atoms with Crippen molar-refractivity contribution in [2.75, 3.05) is 19.0 Å². The summed E-state index contributed by atoms with van der Waals surface area (Å²) in [6.07, 6.45) is 5.00. The van der Waals surface area contributed by atoms with E-state index in [0.29, 0.717) is 42.9 Å². The number of carbonyl (C=O) groups excluding carboxylic acids is 2. The predicted octanol–water partition coefficient (Wildman–Crippen LogP) is 5.38. The van der Waals surface area contributed by atoms with Crippen molar-refractivity contribution in [1.82, 2.24) is 0 Å². The Hall–Kier alpha value is -2.00. The summed E-state index contributed by atoms with van der Waals surface area (Å²) in [4.78, 5) is 26.5. The van der Waals surface area contributed by atoms with Gasteiger partial charge in [0.25, 0.3) is 0 Å². The van der Waals surface area contributed by atoms with E-state index in [1.54, 1.807) is 19.2 Å². The minimum absolute atomic E-state index is 0.0192. The van der Waals surface area contributed by atoms with Crippen molar-refractivity contribution in [3.05, 3.63) is 29.8 Å². The van der Waals surface area contributed by atoms with Gasteiger partial charge in [-0.05, 0) is 93.1 Å². The predicted molar refractivity (Wildman–Crippen MR) is 174 cm³/mol. The fourth-order valence-electron chi connectivity index (χ4n) is 13.0. The van der Waals surface area contributed by atoms with Crippen LogP contribution in [0.5, 0.6) is 0 Å². The average Bonchev–Trinajstić information content (AvgIpc) is 3.77.